The first kappa shape index (κ1) is 16.7. The number of hydroxylamine groups is 1. The fraction of sp³-hybridized carbons (Fsp3) is 0.882. The second-order valence-corrected chi connectivity index (χ2v) is 6.78. The van der Waals surface area contributed by atoms with Gasteiger partial charge in [-0.2, -0.15) is 5.48 Å². The first-order chi connectivity index (χ1) is 9.11. The molecule has 0 spiro atoms. The molecule has 0 aromatic heterocycles. The van der Waals surface area contributed by atoms with Gasteiger partial charge in [0.15, 0.2) is 0 Å². The van der Waals surface area contributed by atoms with Crippen LogP contribution in [0.2, 0.25) is 0 Å². The van der Waals surface area contributed by atoms with E-state index in [2.05, 4.69) is 32.0 Å². The van der Waals surface area contributed by atoms with Gasteiger partial charge in [0.05, 0.1) is 0 Å². The smallest absolute Gasteiger partial charge is 0.0402 e. The molecule has 0 aromatic carbocycles. The third-order valence-corrected chi connectivity index (χ3v) is 4.97. The second kappa shape index (κ2) is 8.76. The molecule has 2 heteroatoms. The lowest BCUT2D eigenvalue weighted by atomic mass is 9.82. The Labute approximate surface area is 119 Å². The summed E-state index contributed by atoms with van der Waals surface area (Å²) in [5.74, 6) is 1.59. The van der Waals surface area contributed by atoms with Crippen molar-refractivity contribution in [2.75, 3.05) is 0 Å². The lowest BCUT2D eigenvalue weighted by Crippen LogP contribution is -2.40. The summed E-state index contributed by atoms with van der Waals surface area (Å²) in [5.41, 5.74) is 2.50. The minimum absolute atomic E-state index is 0.0729. The third-order valence-electron chi connectivity index (χ3n) is 4.97. The van der Waals surface area contributed by atoms with Crippen molar-refractivity contribution in [3.8, 4) is 0 Å². The molecule has 3 atom stereocenters. The minimum atomic E-state index is -0.0729. The van der Waals surface area contributed by atoms with Crippen LogP contribution < -0.4 is 5.48 Å². The van der Waals surface area contributed by atoms with Crippen LogP contribution in [0, 0.1) is 11.8 Å². The number of rotatable bonds is 4. The first-order valence-electron chi connectivity index (χ1n) is 8.13. The lowest BCUT2D eigenvalue weighted by Gasteiger charge is -2.29. The maximum atomic E-state index is 9.40. The second-order valence-electron chi connectivity index (χ2n) is 6.78. The van der Waals surface area contributed by atoms with E-state index >= 15 is 0 Å². The Morgan fingerprint density at radius 3 is 2.53 bits per heavy atom. The predicted octanol–water partition coefficient (Wildman–Crippen LogP) is 5.08. The van der Waals surface area contributed by atoms with Gasteiger partial charge in [0, 0.05) is 5.54 Å². The number of hydrogen-bond donors (Lipinski definition) is 2. The monoisotopic (exact) mass is 267 g/mol. The molecule has 0 aliphatic heterocycles. The zero-order chi connectivity index (χ0) is 14.1. The molecule has 1 rings (SSSR count). The van der Waals surface area contributed by atoms with Crippen LogP contribution in [0.3, 0.4) is 0 Å². The maximum Gasteiger partial charge on any atom is 0.0402 e. The largest absolute Gasteiger partial charge is 0.316 e. The van der Waals surface area contributed by atoms with Crippen molar-refractivity contribution in [1.82, 2.24) is 5.48 Å². The van der Waals surface area contributed by atoms with Crippen LogP contribution in [0.25, 0.3) is 0 Å². The highest BCUT2D eigenvalue weighted by molar-refractivity contribution is 4.82. The van der Waals surface area contributed by atoms with Gasteiger partial charge in [-0.05, 0) is 38.0 Å². The van der Waals surface area contributed by atoms with Gasteiger partial charge in [-0.1, -0.05) is 57.9 Å². The molecule has 3 unspecified atom stereocenters. The van der Waals surface area contributed by atoms with E-state index in [1.54, 1.807) is 0 Å². The quantitative estimate of drug-likeness (QED) is 0.550. The van der Waals surface area contributed by atoms with Crippen LogP contribution in [-0.2, 0) is 0 Å². The molecule has 0 aromatic rings. The Hall–Kier alpha value is -0.340. The highest BCUT2D eigenvalue weighted by atomic mass is 16.5. The molecule has 1 saturated carbocycles. The summed E-state index contributed by atoms with van der Waals surface area (Å²) in [6.07, 6.45) is 14.5. The molecule has 2 N–H and O–H groups in total. The Balaban J connectivity index is 2.55. The standard InChI is InChI=1S/C17H33NO/c1-4-10-15(2)16-11-7-5-6-8-13-17(3,18-19)14-9-12-16/h4,15-16,18-19H,1,5-14H2,2-3H3. The van der Waals surface area contributed by atoms with Crippen molar-refractivity contribution in [1.29, 1.82) is 0 Å². The van der Waals surface area contributed by atoms with Crippen LogP contribution in [-0.4, -0.2) is 10.7 Å². The van der Waals surface area contributed by atoms with Gasteiger partial charge >= 0.3 is 0 Å². The molecule has 0 radical (unpaired) electrons. The number of nitrogens with one attached hydrogen (secondary N) is 1. The van der Waals surface area contributed by atoms with Crippen molar-refractivity contribution >= 4 is 0 Å². The summed E-state index contributed by atoms with van der Waals surface area (Å²) in [4.78, 5) is 0. The van der Waals surface area contributed by atoms with E-state index in [4.69, 9.17) is 0 Å². The zero-order valence-electron chi connectivity index (χ0n) is 13.0. The molecule has 1 aliphatic carbocycles. The fourth-order valence-corrected chi connectivity index (χ4v) is 3.44. The van der Waals surface area contributed by atoms with E-state index in [1.807, 2.05) is 0 Å². The third kappa shape index (κ3) is 6.09. The van der Waals surface area contributed by atoms with Crippen LogP contribution >= 0.6 is 0 Å². The van der Waals surface area contributed by atoms with Crippen LogP contribution in [0.4, 0.5) is 0 Å². The maximum absolute atomic E-state index is 9.40. The van der Waals surface area contributed by atoms with E-state index in [1.165, 1.54) is 44.9 Å². The molecule has 2 nitrogen and oxygen atoms in total. The van der Waals surface area contributed by atoms with E-state index in [0.29, 0.717) is 0 Å². The summed E-state index contributed by atoms with van der Waals surface area (Å²) < 4.78 is 0. The minimum Gasteiger partial charge on any atom is -0.316 e. The summed E-state index contributed by atoms with van der Waals surface area (Å²) in [6, 6.07) is 0. The topological polar surface area (TPSA) is 32.3 Å². The van der Waals surface area contributed by atoms with Gasteiger partial charge in [-0.3, -0.25) is 0 Å². The van der Waals surface area contributed by atoms with Gasteiger partial charge < -0.3 is 5.21 Å². The Morgan fingerprint density at radius 1 is 1.21 bits per heavy atom. The number of allylic oxidation sites excluding steroid dienone is 1. The fourth-order valence-electron chi connectivity index (χ4n) is 3.44. The summed E-state index contributed by atoms with van der Waals surface area (Å²) in [5, 5.41) is 9.40. The van der Waals surface area contributed by atoms with Gasteiger partial charge in [-0.25, -0.2) is 0 Å². The van der Waals surface area contributed by atoms with Crippen LogP contribution in [0.5, 0.6) is 0 Å². The normalized spacial score (nSPS) is 32.3. The molecular weight excluding hydrogens is 234 g/mol. The van der Waals surface area contributed by atoms with Gasteiger partial charge in [0.2, 0.25) is 0 Å². The molecule has 19 heavy (non-hydrogen) atoms. The molecule has 1 fully saturated rings. The number of hydrogen-bond acceptors (Lipinski definition) is 2. The van der Waals surface area contributed by atoms with Gasteiger partial charge in [0.1, 0.15) is 0 Å². The van der Waals surface area contributed by atoms with Crippen molar-refractivity contribution in [2.24, 2.45) is 11.8 Å². The summed E-state index contributed by atoms with van der Waals surface area (Å²) in [6.45, 7) is 8.41. The average Bonchev–Trinajstić information content (AvgIpc) is 2.44. The van der Waals surface area contributed by atoms with Crippen LogP contribution in [0.1, 0.15) is 78.1 Å². The molecule has 1 aliphatic rings. The van der Waals surface area contributed by atoms with Crippen LogP contribution in [0.15, 0.2) is 12.7 Å². The highest BCUT2D eigenvalue weighted by Crippen LogP contribution is 2.31. The van der Waals surface area contributed by atoms with E-state index in [-0.39, 0.29) is 5.54 Å². The highest BCUT2D eigenvalue weighted by Gasteiger charge is 2.24. The van der Waals surface area contributed by atoms with Crippen molar-refractivity contribution in [3.05, 3.63) is 12.7 Å². The molecule has 0 saturated heterocycles. The van der Waals surface area contributed by atoms with Crippen molar-refractivity contribution < 1.29 is 5.21 Å². The molecule has 0 amide bonds. The van der Waals surface area contributed by atoms with E-state index in [9.17, 15) is 5.21 Å². The predicted molar refractivity (Wildman–Crippen MR) is 82.3 cm³/mol. The van der Waals surface area contributed by atoms with Crippen molar-refractivity contribution in [3.63, 3.8) is 0 Å². The van der Waals surface area contributed by atoms with Crippen molar-refractivity contribution in [2.45, 2.75) is 83.6 Å². The first-order valence-corrected chi connectivity index (χ1v) is 8.13. The molecule has 0 heterocycles. The average molecular weight is 267 g/mol. The molecule has 112 valence electrons. The SMILES string of the molecule is C=CCC(C)C1CCCCCCC(C)(NO)CCC1. The van der Waals surface area contributed by atoms with Gasteiger partial charge in [0.25, 0.3) is 0 Å². The summed E-state index contributed by atoms with van der Waals surface area (Å²) in [7, 11) is 0. The Kier molecular flexibility index (Phi) is 7.70. The molecular formula is C17H33NO. The molecule has 0 bridgehead atoms. The van der Waals surface area contributed by atoms with Gasteiger partial charge in [-0.15, -0.1) is 6.58 Å². The van der Waals surface area contributed by atoms with E-state index in [0.717, 1.165) is 31.1 Å². The lowest BCUT2D eigenvalue weighted by molar-refractivity contribution is 0.0563. The Morgan fingerprint density at radius 2 is 1.84 bits per heavy atom. The Bertz CT molecular complexity index is 254. The van der Waals surface area contributed by atoms with E-state index < -0.39 is 0 Å². The summed E-state index contributed by atoms with van der Waals surface area (Å²) >= 11 is 0. The zero-order valence-corrected chi connectivity index (χ0v) is 13.0.